The van der Waals surface area contributed by atoms with Gasteiger partial charge >= 0.3 is 0 Å². The summed E-state index contributed by atoms with van der Waals surface area (Å²) in [7, 11) is 1.57. The summed E-state index contributed by atoms with van der Waals surface area (Å²) >= 11 is 6.47. The Labute approximate surface area is 108 Å². The molecule has 3 atom stereocenters. The molecule has 0 aromatic rings. The molecule has 1 amide bonds. The van der Waals surface area contributed by atoms with E-state index in [1.54, 1.807) is 7.05 Å². The van der Waals surface area contributed by atoms with E-state index in [4.69, 9.17) is 11.6 Å². The minimum Gasteiger partial charge on any atom is -0.358 e. The Balaban J connectivity index is 3.08. The van der Waals surface area contributed by atoms with Crippen LogP contribution in [0.2, 0.25) is 0 Å². The molecule has 0 heterocycles. The molecular weight excluding hydrogens is 238 g/mol. The average Bonchev–Trinajstić information content (AvgIpc) is 3.02. The lowest BCUT2D eigenvalue weighted by Crippen LogP contribution is -2.40. The first kappa shape index (κ1) is 14.2. The molecule has 17 heavy (non-hydrogen) atoms. The van der Waals surface area contributed by atoms with Crippen LogP contribution in [0.5, 0.6) is 0 Å². The minimum atomic E-state index is -0.794. The molecule has 1 aliphatic rings. The molecule has 96 valence electrons. The van der Waals surface area contributed by atoms with E-state index < -0.39 is 10.3 Å². The van der Waals surface area contributed by atoms with Crippen molar-refractivity contribution in [1.29, 1.82) is 0 Å². The van der Waals surface area contributed by atoms with Crippen molar-refractivity contribution in [3.05, 3.63) is 12.2 Å². The monoisotopic (exact) mass is 257 g/mol. The molecule has 1 aliphatic carbocycles. The Morgan fingerprint density at radius 2 is 2.18 bits per heavy atom. The molecule has 1 fully saturated rings. The van der Waals surface area contributed by atoms with Crippen LogP contribution in [0, 0.1) is 17.3 Å². The second kappa shape index (κ2) is 4.45. The van der Waals surface area contributed by atoms with Gasteiger partial charge in [-0.3, -0.25) is 4.79 Å². The summed E-state index contributed by atoms with van der Waals surface area (Å²) in [5.74, 6) is -0.301. The third kappa shape index (κ3) is 2.01. The summed E-state index contributed by atoms with van der Waals surface area (Å²) in [6, 6.07) is 0. The number of alkyl halides is 1. The predicted octanol–water partition coefficient (Wildman–Crippen LogP) is 2.15. The highest BCUT2D eigenvalue weighted by Crippen LogP contribution is 2.61. The van der Waals surface area contributed by atoms with Gasteiger partial charge in [-0.25, -0.2) is 0 Å². The molecule has 3 nitrogen and oxygen atoms in total. The Morgan fingerprint density at radius 1 is 1.65 bits per heavy atom. The number of amides is 1. The predicted molar refractivity (Wildman–Crippen MR) is 68.9 cm³/mol. The van der Waals surface area contributed by atoms with Crippen LogP contribution in [0.4, 0.5) is 0 Å². The standard InChI is InChI=1S/C13H20ClNO2/c1-8(2)12(4,14)9(3)13(11(17)15-5)6-10(13)7-16/h7-8,10H,3,6H2,1-2,4-5H3,(H,15,17). The van der Waals surface area contributed by atoms with Crippen molar-refractivity contribution in [2.75, 3.05) is 7.05 Å². The van der Waals surface area contributed by atoms with Gasteiger partial charge in [0.05, 0.1) is 10.3 Å². The Kier molecular flexibility index (Phi) is 3.72. The fraction of sp³-hybridized carbons (Fsp3) is 0.692. The van der Waals surface area contributed by atoms with Gasteiger partial charge < -0.3 is 10.1 Å². The summed E-state index contributed by atoms with van der Waals surface area (Å²) in [6.45, 7) is 9.81. The molecule has 3 unspecified atom stereocenters. The van der Waals surface area contributed by atoms with Gasteiger partial charge in [-0.15, -0.1) is 11.6 Å². The van der Waals surface area contributed by atoms with Crippen LogP contribution in [0.15, 0.2) is 12.2 Å². The van der Waals surface area contributed by atoms with Gasteiger partial charge in [-0.05, 0) is 24.8 Å². The van der Waals surface area contributed by atoms with Gasteiger partial charge in [-0.2, -0.15) is 0 Å². The summed E-state index contributed by atoms with van der Waals surface area (Å²) in [6.07, 6.45) is 1.34. The third-order valence-corrected chi connectivity index (χ3v) is 4.69. The summed E-state index contributed by atoms with van der Waals surface area (Å²) < 4.78 is 0. The molecule has 4 heteroatoms. The molecule has 0 spiro atoms. The van der Waals surface area contributed by atoms with Crippen molar-refractivity contribution in [3.63, 3.8) is 0 Å². The Bertz CT molecular complexity index is 362. The summed E-state index contributed by atoms with van der Waals surface area (Å²) in [4.78, 5) is 22.3. The zero-order chi connectivity index (χ0) is 13.4. The topological polar surface area (TPSA) is 46.2 Å². The van der Waals surface area contributed by atoms with Gasteiger partial charge in [0.2, 0.25) is 5.91 Å². The number of rotatable bonds is 5. The maximum absolute atomic E-state index is 12.0. The molecule has 0 aromatic heterocycles. The molecule has 1 saturated carbocycles. The lowest BCUT2D eigenvalue weighted by molar-refractivity contribution is -0.126. The van der Waals surface area contributed by atoms with E-state index in [2.05, 4.69) is 11.9 Å². The fourth-order valence-electron chi connectivity index (χ4n) is 2.21. The first-order chi connectivity index (χ1) is 7.75. The van der Waals surface area contributed by atoms with Crippen molar-refractivity contribution < 1.29 is 9.59 Å². The number of nitrogens with one attached hydrogen (secondary N) is 1. The van der Waals surface area contributed by atoms with Crippen molar-refractivity contribution in [3.8, 4) is 0 Å². The van der Waals surface area contributed by atoms with Crippen LogP contribution in [0.25, 0.3) is 0 Å². The molecule has 1 N–H and O–H groups in total. The first-order valence-electron chi connectivity index (χ1n) is 5.81. The second-order valence-corrected chi connectivity index (χ2v) is 5.99. The van der Waals surface area contributed by atoms with E-state index >= 15 is 0 Å². The van der Waals surface area contributed by atoms with E-state index in [1.807, 2.05) is 20.8 Å². The highest BCUT2D eigenvalue weighted by atomic mass is 35.5. The minimum absolute atomic E-state index is 0.145. The zero-order valence-corrected chi connectivity index (χ0v) is 11.6. The molecule has 0 radical (unpaired) electrons. The van der Waals surface area contributed by atoms with Crippen LogP contribution in [0.3, 0.4) is 0 Å². The van der Waals surface area contributed by atoms with Crippen molar-refractivity contribution >= 4 is 23.8 Å². The molecule has 0 aromatic carbocycles. The van der Waals surface area contributed by atoms with E-state index in [0.29, 0.717) is 12.0 Å². The Morgan fingerprint density at radius 3 is 2.47 bits per heavy atom. The number of carbonyl (C=O) groups excluding carboxylic acids is 2. The fourth-order valence-corrected chi connectivity index (χ4v) is 2.37. The van der Waals surface area contributed by atoms with Gasteiger partial charge in [0.15, 0.2) is 0 Å². The maximum atomic E-state index is 12.0. The first-order valence-corrected chi connectivity index (χ1v) is 6.19. The lowest BCUT2D eigenvalue weighted by atomic mass is 9.79. The quantitative estimate of drug-likeness (QED) is 0.466. The van der Waals surface area contributed by atoms with E-state index in [9.17, 15) is 9.59 Å². The number of aldehydes is 1. The normalized spacial score (nSPS) is 30.6. The van der Waals surface area contributed by atoms with Crippen LogP contribution in [-0.4, -0.2) is 24.1 Å². The van der Waals surface area contributed by atoms with E-state index in [0.717, 1.165) is 6.29 Å². The number of carbonyl (C=O) groups is 2. The largest absolute Gasteiger partial charge is 0.358 e. The van der Waals surface area contributed by atoms with Gasteiger partial charge in [-0.1, -0.05) is 20.4 Å². The number of hydrogen-bond donors (Lipinski definition) is 1. The SMILES string of the molecule is C=C(C(C)(Cl)C(C)C)C1(C(=O)NC)CC1C=O. The lowest BCUT2D eigenvalue weighted by Gasteiger charge is -2.34. The highest BCUT2D eigenvalue weighted by Gasteiger charge is 2.64. The average molecular weight is 258 g/mol. The number of hydrogen-bond acceptors (Lipinski definition) is 2. The van der Waals surface area contributed by atoms with Crippen molar-refractivity contribution in [2.24, 2.45) is 17.3 Å². The highest BCUT2D eigenvalue weighted by molar-refractivity contribution is 6.26. The molecule has 0 saturated heterocycles. The molecular formula is C13H20ClNO2. The van der Waals surface area contributed by atoms with Gasteiger partial charge in [0, 0.05) is 13.0 Å². The Hall–Kier alpha value is -0.830. The van der Waals surface area contributed by atoms with E-state index in [1.165, 1.54) is 0 Å². The number of halogens is 1. The van der Waals surface area contributed by atoms with Gasteiger partial charge in [0.1, 0.15) is 6.29 Å². The van der Waals surface area contributed by atoms with Crippen LogP contribution in [-0.2, 0) is 9.59 Å². The zero-order valence-electron chi connectivity index (χ0n) is 10.8. The van der Waals surface area contributed by atoms with E-state index in [-0.39, 0.29) is 17.7 Å². The van der Waals surface area contributed by atoms with Crippen LogP contribution >= 0.6 is 11.6 Å². The van der Waals surface area contributed by atoms with Crippen molar-refractivity contribution in [2.45, 2.75) is 32.1 Å². The van der Waals surface area contributed by atoms with Gasteiger partial charge in [0.25, 0.3) is 0 Å². The smallest absolute Gasteiger partial charge is 0.230 e. The van der Waals surface area contributed by atoms with Crippen LogP contribution < -0.4 is 5.32 Å². The molecule has 0 bridgehead atoms. The maximum Gasteiger partial charge on any atom is 0.230 e. The van der Waals surface area contributed by atoms with Crippen molar-refractivity contribution in [1.82, 2.24) is 5.32 Å². The summed E-state index contributed by atoms with van der Waals surface area (Å²) in [5, 5.41) is 2.61. The second-order valence-electron chi connectivity index (χ2n) is 5.21. The van der Waals surface area contributed by atoms with Crippen LogP contribution in [0.1, 0.15) is 27.2 Å². The summed E-state index contributed by atoms with van der Waals surface area (Å²) in [5.41, 5.74) is -0.143. The molecule has 1 rings (SSSR count). The third-order valence-electron chi connectivity index (χ3n) is 4.02. The molecule has 0 aliphatic heterocycles.